The summed E-state index contributed by atoms with van der Waals surface area (Å²) in [5.41, 5.74) is 0.550. The van der Waals surface area contributed by atoms with Gasteiger partial charge in [-0.2, -0.15) is 0 Å². The minimum atomic E-state index is -1.04. The molecule has 1 atom stereocenters. The van der Waals surface area contributed by atoms with Crippen LogP contribution in [0.2, 0.25) is 5.02 Å². The average Bonchev–Trinajstić information content (AvgIpc) is 3.25. The van der Waals surface area contributed by atoms with Crippen LogP contribution in [0.3, 0.4) is 0 Å². The zero-order chi connectivity index (χ0) is 22.5. The third-order valence-electron chi connectivity index (χ3n) is 4.18. The fraction of sp³-hybridized carbons (Fsp3) is 0.150. The van der Waals surface area contributed by atoms with Gasteiger partial charge in [0, 0.05) is 17.5 Å². The van der Waals surface area contributed by atoms with Crippen molar-refractivity contribution >= 4 is 40.7 Å². The Morgan fingerprint density at radius 1 is 1.13 bits per heavy atom. The van der Waals surface area contributed by atoms with E-state index in [1.807, 2.05) is 0 Å². The fourth-order valence-electron chi connectivity index (χ4n) is 2.57. The molecule has 3 N–H and O–H groups in total. The van der Waals surface area contributed by atoms with Gasteiger partial charge in [-0.1, -0.05) is 17.7 Å². The Hall–Kier alpha value is -3.37. The number of nitrogens with one attached hydrogen (secondary N) is 2. The Bertz CT molecular complexity index is 1150. The lowest BCUT2D eigenvalue weighted by atomic mass is 10.2. The minimum Gasteiger partial charge on any atom is -0.477 e. The van der Waals surface area contributed by atoms with Gasteiger partial charge in [-0.05, 0) is 36.8 Å². The first kappa shape index (κ1) is 22.3. The van der Waals surface area contributed by atoms with Crippen LogP contribution in [0.1, 0.15) is 54.1 Å². The molecule has 0 aliphatic rings. The Morgan fingerprint density at radius 3 is 2.48 bits per heavy atom. The van der Waals surface area contributed by atoms with Crippen LogP contribution in [0.15, 0.2) is 42.7 Å². The average molecular weight is 463 g/mol. The lowest BCUT2D eigenvalue weighted by Gasteiger charge is -2.12. The van der Waals surface area contributed by atoms with Crippen LogP contribution in [0.4, 0.5) is 4.39 Å². The molecule has 2 aromatic heterocycles. The number of hydrogen-bond donors (Lipinski definition) is 3. The molecule has 0 aliphatic heterocycles. The van der Waals surface area contributed by atoms with Crippen LogP contribution in [0.5, 0.6) is 0 Å². The molecule has 11 heteroatoms. The van der Waals surface area contributed by atoms with Crippen molar-refractivity contribution in [3.05, 3.63) is 80.3 Å². The first-order valence-electron chi connectivity index (χ1n) is 8.92. The molecular weight excluding hydrogens is 447 g/mol. The number of halogens is 2. The van der Waals surface area contributed by atoms with E-state index in [9.17, 15) is 18.8 Å². The molecule has 0 unspecified atom stereocenters. The standard InChI is InChI=1S/C20H16ClFN4O4S/c1-10(16-4-5-17(31-16)20(29)30)26-19(28)15-7-14(24-9-25-15)18(27)23-8-11-2-3-13(22)12(21)6-11/h2-7,9-10H,8H2,1H3,(H,23,27)(H,26,28)(H,29,30)/t10-/m0/s1. The summed E-state index contributed by atoms with van der Waals surface area (Å²) >= 11 is 6.78. The molecule has 0 spiro atoms. The van der Waals surface area contributed by atoms with Gasteiger partial charge in [0.1, 0.15) is 28.4 Å². The van der Waals surface area contributed by atoms with Gasteiger partial charge in [0.25, 0.3) is 11.8 Å². The number of thiophene rings is 1. The summed E-state index contributed by atoms with van der Waals surface area (Å²) in [5, 5.41) is 14.3. The number of benzene rings is 1. The van der Waals surface area contributed by atoms with Crippen molar-refractivity contribution in [2.75, 3.05) is 0 Å². The lowest BCUT2D eigenvalue weighted by molar-refractivity contribution is 0.0701. The molecule has 2 heterocycles. The summed E-state index contributed by atoms with van der Waals surface area (Å²) in [5.74, 6) is -2.68. The van der Waals surface area contributed by atoms with Crippen molar-refractivity contribution in [1.82, 2.24) is 20.6 Å². The van der Waals surface area contributed by atoms with Crippen molar-refractivity contribution in [3.8, 4) is 0 Å². The molecule has 1 aromatic carbocycles. The Balaban J connectivity index is 1.63. The van der Waals surface area contributed by atoms with Crippen LogP contribution >= 0.6 is 22.9 Å². The fourth-order valence-corrected chi connectivity index (χ4v) is 3.62. The number of carbonyl (C=O) groups is 3. The Kier molecular flexibility index (Phi) is 6.93. The second-order valence-electron chi connectivity index (χ2n) is 6.42. The van der Waals surface area contributed by atoms with Crippen molar-refractivity contribution in [3.63, 3.8) is 0 Å². The van der Waals surface area contributed by atoms with Gasteiger partial charge in [-0.3, -0.25) is 9.59 Å². The van der Waals surface area contributed by atoms with E-state index in [1.165, 1.54) is 30.3 Å². The monoisotopic (exact) mass is 462 g/mol. The molecule has 160 valence electrons. The second-order valence-corrected chi connectivity index (χ2v) is 7.94. The smallest absolute Gasteiger partial charge is 0.345 e. The largest absolute Gasteiger partial charge is 0.477 e. The summed E-state index contributed by atoms with van der Waals surface area (Å²) < 4.78 is 13.2. The predicted molar refractivity (Wildman–Crippen MR) is 112 cm³/mol. The normalized spacial score (nSPS) is 11.6. The van der Waals surface area contributed by atoms with Gasteiger partial charge in [-0.25, -0.2) is 19.2 Å². The van der Waals surface area contributed by atoms with Crippen LogP contribution in [0.25, 0.3) is 0 Å². The molecule has 8 nitrogen and oxygen atoms in total. The van der Waals surface area contributed by atoms with Crippen LogP contribution < -0.4 is 10.6 Å². The van der Waals surface area contributed by atoms with E-state index in [-0.39, 0.29) is 27.8 Å². The maximum Gasteiger partial charge on any atom is 0.345 e. The summed E-state index contributed by atoms with van der Waals surface area (Å²) in [7, 11) is 0. The van der Waals surface area contributed by atoms with E-state index in [0.717, 1.165) is 17.7 Å². The predicted octanol–water partition coefficient (Wildman–Crippen LogP) is 3.45. The molecule has 0 saturated carbocycles. The maximum atomic E-state index is 13.2. The van der Waals surface area contributed by atoms with Gasteiger partial charge in [0.05, 0.1) is 11.1 Å². The zero-order valence-electron chi connectivity index (χ0n) is 16.1. The molecule has 0 aliphatic carbocycles. The summed E-state index contributed by atoms with van der Waals surface area (Å²) in [6, 6.07) is 7.96. The number of carboxylic acid groups (broad SMARTS) is 1. The quantitative estimate of drug-likeness (QED) is 0.494. The highest BCUT2D eigenvalue weighted by atomic mass is 35.5. The Labute approximate surface area is 185 Å². The maximum absolute atomic E-state index is 13.2. The number of amides is 2. The van der Waals surface area contributed by atoms with Crippen molar-refractivity contribution in [1.29, 1.82) is 0 Å². The third-order valence-corrected chi connectivity index (χ3v) is 5.73. The molecule has 0 saturated heterocycles. The highest BCUT2D eigenvalue weighted by molar-refractivity contribution is 7.14. The molecule has 3 aromatic rings. The highest BCUT2D eigenvalue weighted by Gasteiger charge is 2.18. The molecule has 31 heavy (non-hydrogen) atoms. The zero-order valence-corrected chi connectivity index (χ0v) is 17.6. The van der Waals surface area contributed by atoms with Crippen LogP contribution in [0, 0.1) is 5.82 Å². The number of carbonyl (C=O) groups excluding carboxylic acids is 2. The minimum absolute atomic E-state index is 0.0214. The van der Waals surface area contributed by atoms with Crippen molar-refractivity contribution in [2.24, 2.45) is 0 Å². The van der Waals surface area contributed by atoms with Crippen LogP contribution in [-0.2, 0) is 6.54 Å². The Morgan fingerprint density at radius 2 is 1.84 bits per heavy atom. The van der Waals surface area contributed by atoms with Gasteiger partial charge >= 0.3 is 5.97 Å². The molecule has 0 fully saturated rings. The van der Waals surface area contributed by atoms with E-state index in [2.05, 4.69) is 20.6 Å². The van der Waals surface area contributed by atoms with Gasteiger partial charge in [-0.15, -0.1) is 11.3 Å². The van der Waals surface area contributed by atoms with E-state index in [0.29, 0.717) is 10.4 Å². The molecular formula is C20H16ClFN4O4S. The van der Waals surface area contributed by atoms with Gasteiger partial charge in [0.2, 0.25) is 0 Å². The van der Waals surface area contributed by atoms with E-state index >= 15 is 0 Å². The molecule has 0 radical (unpaired) electrons. The summed E-state index contributed by atoms with van der Waals surface area (Å²) in [6.07, 6.45) is 1.09. The number of aromatic nitrogens is 2. The number of carboxylic acids is 1. The number of nitrogens with zero attached hydrogens (tertiary/aromatic N) is 2. The lowest BCUT2D eigenvalue weighted by Crippen LogP contribution is -2.28. The SMILES string of the molecule is C[C@H](NC(=O)c1cc(C(=O)NCc2ccc(F)c(Cl)c2)ncn1)c1ccc(C(=O)O)s1. The molecule has 2 amide bonds. The van der Waals surface area contributed by atoms with E-state index in [4.69, 9.17) is 16.7 Å². The van der Waals surface area contributed by atoms with Gasteiger partial charge < -0.3 is 15.7 Å². The summed E-state index contributed by atoms with van der Waals surface area (Å²) in [6.45, 7) is 1.80. The molecule has 0 bridgehead atoms. The topological polar surface area (TPSA) is 121 Å². The van der Waals surface area contributed by atoms with E-state index in [1.54, 1.807) is 13.0 Å². The summed E-state index contributed by atoms with van der Waals surface area (Å²) in [4.78, 5) is 44.5. The van der Waals surface area contributed by atoms with E-state index < -0.39 is 29.6 Å². The number of hydrogen-bond acceptors (Lipinski definition) is 6. The third kappa shape index (κ3) is 5.62. The van der Waals surface area contributed by atoms with Crippen molar-refractivity contribution < 1.29 is 23.9 Å². The van der Waals surface area contributed by atoms with Crippen LogP contribution in [-0.4, -0.2) is 32.9 Å². The highest BCUT2D eigenvalue weighted by Crippen LogP contribution is 2.23. The molecule has 3 rings (SSSR count). The number of rotatable bonds is 7. The first-order chi connectivity index (χ1) is 14.7. The first-order valence-corrected chi connectivity index (χ1v) is 10.1. The second kappa shape index (κ2) is 9.63. The van der Waals surface area contributed by atoms with Crippen molar-refractivity contribution in [2.45, 2.75) is 19.5 Å². The number of aromatic carboxylic acids is 1. The van der Waals surface area contributed by atoms with Gasteiger partial charge in [0.15, 0.2) is 0 Å².